The van der Waals surface area contributed by atoms with Gasteiger partial charge >= 0.3 is 0 Å². The summed E-state index contributed by atoms with van der Waals surface area (Å²) in [6.45, 7) is 3.92. The normalized spacial score (nSPS) is 14.9. The van der Waals surface area contributed by atoms with E-state index in [0.29, 0.717) is 0 Å². The fourth-order valence-corrected chi connectivity index (χ4v) is 2.69. The molecule has 2 aromatic rings. The highest BCUT2D eigenvalue weighted by Crippen LogP contribution is 2.26. The first kappa shape index (κ1) is 12.0. The summed E-state index contributed by atoms with van der Waals surface area (Å²) < 4.78 is 0. The van der Waals surface area contributed by atoms with E-state index in [0.717, 1.165) is 43.1 Å². The van der Waals surface area contributed by atoms with Crippen molar-refractivity contribution in [3.05, 3.63) is 53.2 Å². The molecule has 2 N–H and O–H groups in total. The lowest BCUT2D eigenvalue weighted by molar-refractivity contribution is 0.754. The molecule has 0 unspecified atom stereocenters. The third kappa shape index (κ3) is 2.41. The summed E-state index contributed by atoms with van der Waals surface area (Å²) >= 11 is 0. The van der Waals surface area contributed by atoms with Crippen LogP contribution in [0, 0.1) is 6.92 Å². The van der Waals surface area contributed by atoms with Crippen molar-refractivity contribution >= 4 is 11.5 Å². The third-order valence-electron chi connectivity index (χ3n) is 3.70. The minimum atomic E-state index is 0.769. The molecule has 3 nitrogen and oxygen atoms in total. The van der Waals surface area contributed by atoms with Crippen LogP contribution in [0.25, 0.3) is 0 Å². The largest absolute Gasteiger partial charge is 0.396 e. The minimum absolute atomic E-state index is 0.769. The molecule has 0 amide bonds. The number of fused-ring (bicyclic) bond motifs is 1. The number of aryl methyl sites for hydroxylation is 2. The van der Waals surface area contributed by atoms with Gasteiger partial charge in [0.1, 0.15) is 0 Å². The maximum absolute atomic E-state index is 6.09. The standard InChI is InChI=1S/C16H19N3/c1-12-8-9-15(17)16(18-12)19-10-4-7-13-5-2-3-6-14(13)11-19/h2-3,5-6,8-9H,4,7,10-11,17H2,1H3. The summed E-state index contributed by atoms with van der Waals surface area (Å²) in [7, 11) is 0. The van der Waals surface area contributed by atoms with Gasteiger partial charge in [-0.05, 0) is 43.0 Å². The Morgan fingerprint density at radius 1 is 1.11 bits per heavy atom. The van der Waals surface area contributed by atoms with Crippen LogP contribution in [0.3, 0.4) is 0 Å². The summed E-state index contributed by atoms with van der Waals surface area (Å²) in [4.78, 5) is 6.91. The maximum atomic E-state index is 6.09. The molecule has 0 saturated carbocycles. The quantitative estimate of drug-likeness (QED) is 0.849. The highest BCUT2D eigenvalue weighted by atomic mass is 15.2. The van der Waals surface area contributed by atoms with Crippen LogP contribution in [0.15, 0.2) is 36.4 Å². The van der Waals surface area contributed by atoms with Gasteiger partial charge in [-0.1, -0.05) is 24.3 Å². The zero-order valence-electron chi connectivity index (χ0n) is 11.3. The first-order chi connectivity index (χ1) is 9.24. The molecular weight excluding hydrogens is 234 g/mol. The van der Waals surface area contributed by atoms with Crippen molar-refractivity contribution in [2.75, 3.05) is 17.2 Å². The number of nitrogens with two attached hydrogens (primary N) is 1. The van der Waals surface area contributed by atoms with Crippen LogP contribution >= 0.6 is 0 Å². The fraction of sp³-hybridized carbons (Fsp3) is 0.312. The van der Waals surface area contributed by atoms with E-state index in [9.17, 15) is 0 Å². The molecule has 0 saturated heterocycles. The zero-order valence-corrected chi connectivity index (χ0v) is 11.3. The first-order valence-electron chi connectivity index (χ1n) is 6.79. The number of anilines is 2. The molecule has 0 spiro atoms. The maximum Gasteiger partial charge on any atom is 0.152 e. The number of pyridine rings is 1. The number of benzene rings is 1. The molecule has 1 aliphatic rings. The number of hydrogen-bond donors (Lipinski definition) is 1. The summed E-state index contributed by atoms with van der Waals surface area (Å²) in [5, 5.41) is 0. The lowest BCUT2D eigenvalue weighted by Crippen LogP contribution is -2.24. The zero-order chi connectivity index (χ0) is 13.2. The predicted octanol–water partition coefficient (Wildman–Crippen LogP) is 2.93. The highest BCUT2D eigenvalue weighted by Gasteiger charge is 2.17. The minimum Gasteiger partial charge on any atom is -0.396 e. The van der Waals surface area contributed by atoms with Crippen molar-refractivity contribution in [2.45, 2.75) is 26.3 Å². The molecule has 19 heavy (non-hydrogen) atoms. The van der Waals surface area contributed by atoms with Gasteiger partial charge in [0.15, 0.2) is 5.82 Å². The Morgan fingerprint density at radius 3 is 2.74 bits per heavy atom. The molecule has 0 radical (unpaired) electrons. The second-order valence-corrected chi connectivity index (χ2v) is 5.16. The molecule has 3 rings (SSSR count). The SMILES string of the molecule is Cc1ccc(N)c(N2CCCc3ccccc3C2)n1. The topological polar surface area (TPSA) is 42.1 Å². The average molecular weight is 253 g/mol. The summed E-state index contributed by atoms with van der Waals surface area (Å²) in [6, 6.07) is 12.6. The number of nitrogen functional groups attached to an aromatic ring is 1. The van der Waals surface area contributed by atoms with Crippen molar-refractivity contribution in [2.24, 2.45) is 0 Å². The Balaban J connectivity index is 1.96. The van der Waals surface area contributed by atoms with E-state index in [1.807, 2.05) is 19.1 Å². The van der Waals surface area contributed by atoms with E-state index >= 15 is 0 Å². The van der Waals surface area contributed by atoms with Gasteiger partial charge in [-0.2, -0.15) is 0 Å². The van der Waals surface area contributed by atoms with Crippen LogP contribution in [-0.2, 0) is 13.0 Å². The van der Waals surface area contributed by atoms with Gasteiger partial charge < -0.3 is 10.6 Å². The molecule has 2 heterocycles. The smallest absolute Gasteiger partial charge is 0.152 e. The predicted molar refractivity (Wildman–Crippen MR) is 79.2 cm³/mol. The summed E-state index contributed by atoms with van der Waals surface area (Å²) in [5.74, 6) is 0.928. The van der Waals surface area contributed by atoms with Crippen LogP contribution in [0.4, 0.5) is 11.5 Å². The second kappa shape index (κ2) is 4.92. The average Bonchev–Trinajstić information content (AvgIpc) is 2.63. The van der Waals surface area contributed by atoms with E-state index in [-0.39, 0.29) is 0 Å². The Hall–Kier alpha value is -2.03. The van der Waals surface area contributed by atoms with E-state index in [1.54, 1.807) is 0 Å². The Bertz CT molecular complexity index is 592. The van der Waals surface area contributed by atoms with Gasteiger partial charge in [-0.15, -0.1) is 0 Å². The van der Waals surface area contributed by atoms with Crippen molar-refractivity contribution in [1.29, 1.82) is 0 Å². The summed E-state index contributed by atoms with van der Waals surface area (Å²) in [6.07, 6.45) is 2.28. The summed E-state index contributed by atoms with van der Waals surface area (Å²) in [5.41, 5.74) is 10.7. The van der Waals surface area contributed by atoms with Crippen molar-refractivity contribution in [3.63, 3.8) is 0 Å². The van der Waals surface area contributed by atoms with Gasteiger partial charge in [-0.3, -0.25) is 0 Å². The Kier molecular flexibility index (Phi) is 3.11. The van der Waals surface area contributed by atoms with Gasteiger partial charge in [0, 0.05) is 18.8 Å². The fourth-order valence-electron chi connectivity index (χ4n) is 2.69. The molecule has 0 bridgehead atoms. The van der Waals surface area contributed by atoms with Crippen LogP contribution in [0.5, 0.6) is 0 Å². The van der Waals surface area contributed by atoms with Gasteiger partial charge in [-0.25, -0.2) is 4.98 Å². The molecule has 3 heteroatoms. The lowest BCUT2D eigenvalue weighted by Gasteiger charge is -2.23. The van der Waals surface area contributed by atoms with Crippen LogP contribution in [-0.4, -0.2) is 11.5 Å². The van der Waals surface area contributed by atoms with Crippen LogP contribution in [0.2, 0.25) is 0 Å². The van der Waals surface area contributed by atoms with E-state index in [4.69, 9.17) is 5.73 Å². The van der Waals surface area contributed by atoms with Crippen molar-refractivity contribution in [1.82, 2.24) is 4.98 Å². The monoisotopic (exact) mass is 253 g/mol. The van der Waals surface area contributed by atoms with Gasteiger partial charge in [0.2, 0.25) is 0 Å². The number of nitrogens with zero attached hydrogens (tertiary/aromatic N) is 2. The Morgan fingerprint density at radius 2 is 1.89 bits per heavy atom. The lowest BCUT2D eigenvalue weighted by atomic mass is 10.0. The van der Waals surface area contributed by atoms with Crippen molar-refractivity contribution in [3.8, 4) is 0 Å². The Labute approximate surface area is 114 Å². The van der Waals surface area contributed by atoms with E-state index in [2.05, 4.69) is 34.1 Å². The van der Waals surface area contributed by atoms with E-state index in [1.165, 1.54) is 11.1 Å². The van der Waals surface area contributed by atoms with E-state index < -0.39 is 0 Å². The van der Waals surface area contributed by atoms with Crippen molar-refractivity contribution < 1.29 is 0 Å². The molecule has 0 fully saturated rings. The third-order valence-corrected chi connectivity index (χ3v) is 3.70. The number of aromatic nitrogens is 1. The molecular formula is C16H19N3. The molecule has 0 atom stereocenters. The van der Waals surface area contributed by atoms with Crippen LogP contribution < -0.4 is 10.6 Å². The molecule has 1 aromatic heterocycles. The molecule has 0 aliphatic carbocycles. The number of hydrogen-bond acceptors (Lipinski definition) is 3. The molecule has 1 aliphatic heterocycles. The van der Waals surface area contributed by atoms with Gasteiger partial charge in [0.05, 0.1) is 5.69 Å². The second-order valence-electron chi connectivity index (χ2n) is 5.16. The number of rotatable bonds is 1. The van der Waals surface area contributed by atoms with Crippen LogP contribution in [0.1, 0.15) is 23.2 Å². The molecule has 1 aromatic carbocycles. The molecule has 98 valence electrons. The first-order valence-corrected chi connectivity index (χ1v) is 6.79. The van der Waals surface area contributed by atoms with Gasteiger partial charge in [0.25, 0.3) is 0 Å². The highest BCUT2D eigenvalue weighted by molar-refractivity contribution is 5.63.